The van der Waals surface area contributed by atoms with Crippen molar-refractivity contribution in [2.45, 2.75) is 84.6 Å². The molecule has 0 radical (unpaired) electrons. The van der Waals surface area contributed by atoms with E-state index in [1.54, 1.807) is 0 Å². The van der Waals surface area contributed by atoms with Crippen molar-refractivity contribution in [2.75, 3.05) is 6.54 Å². The van der Waals surface area contributed by atoms with Crippen LogP contribution in [0.25, 0.3) is 11.3 Å². The zero-order chi connectivity index (χ0) is 20.4. The third-order valence-corrected chi connectivity index (χ3v) is 6.67. The molecule has 2 aromatic rings. The maximum absolute atomic E-state index is 13.3. The molecule has 1 aliphatic carbocycles. The van der Waals surface area contributed by atoms with Crippen molar-refractivity contribution < 1.29 is 9.32 Å². The van der Waals surface area contributed by atoms with Crippen LogP contribution >= 0.6 is 0 Å². The SMILES string of the molecule is Cc1ncc(-c2onc(C)c2C)c([C@H]2CCCCN2C(=O)CC2CCCCC2)n1. The fraction of sp³-hybridized carbons (Fsp3) is 0.652. The second-order valence-electron chi connectivity index (χ2n) is 8.75. The van der Waals surface area contributed by atoms with Crippen molar-refractivity contribution >= 4 is 5.91 Å². The van der Waals surface area contributed by atoms with Crippen LogP contribution in [0.1, 0.15) is 86.6 Å². The van der Waals surface area contributed by atoms with E-state index in [-0.39, 0.29) is 11.9 Å². The van der Waals surface area contributed by atoms with Crippen LogP contribution in [-0.2, 0) is 4.79 Å². The molecule has 1 atom stereocenters. The molecule has 1 amide bonds. The van der Waals surface area contributed by atoms with Crippen LogP contribution in [0, 0.1) is 26.7 Å². The molecule has 156 valence electrons. The molecule has 0 spiro atoms. The number of amides is 1. The Morgan fingerprint density at radius 3 is 2.59 bits per heavy atom. The smallest absolute Gasteiger partial charge is 0.223 e. The third-order valence-electron chi connectivity index (χ3n) is 6.67. The number of carbonyl (C=O) groups excluding carboxylic acids is 1. The van der Waals surface area contributed by atoms with Gasteiger partial charge in [0.2, 0.25) is 5.91 Å². The molecule has 0 N–H and O–H groups in total. The highest BCUT2D eigenvalue weighted by Crippen LogP contribution is 2.38. The van der Waals surface area contributed by atoms with Crippen LogP contribution in [0.3, 0.4) is 0 Å². The molecule has 6 nitrogen and oxygen atoms in total. The Kier molecular flexibility index (Phi) is 5.97. The summed E-state index contributed by atoms with van der Waals surface area (Å²) >= 11 is 0. The number of hydrogen-bond acceptors (Lipinski definition) is 5. The van der Waals surface area contributed by atoms with Crippen LogP contribution < -0.4 is 0 Å². The molecule has 0 aromatic carbocycles. The molecule has 1 aliphatic heterocycles. The van der Waals surface area contributed by atoms with Gasteiger partial charge in [0.25, 0.3) is 0 Å². The molecule has 0 unspecified atom stereocenters. The first-order chi connectivity index (χ1) is 14.0. The Morgan fingerprint density at radius 2 is 1.86 bits per heavy atom. The first-order valence-electron chi connectivity index (χ1n) is 11.1. The summed E-state index contributed by atoms with van der Waals surface area (Å²) in [6.07, 6.45) is 11.8. The highest BCUT2D eigenvalue weighted by Gasteiger charge is 2.33. The van der Waals surface area contributed by atoms with E-state index >= 15 is 0 Å². The predicted octanol–water partition coefficient (Wildman–Crippen LogP) is 5.08. The van der Waals surface area contributed by atoms with E-state index in [9.17, 15) is 4.79 Å². The largest absolute Gasteiger partial charge is 0.356 e. The van der Waals surface area contributed by atoms with Gasteiger partial charge < -0.3 is 9.42 Å². The lowest BCUT2D eigenvalue weighted by atomic mass is 9.86. The van der Waals surface area contributed by atoms with E-state index in [0.717, 1.165) is 59.9 Å². The van der Waals surface area contributed by atoms with Crippen molar-refractivity contribution in [3.05, 3.63) is 29.0 Å². The lowest BCUT2D eigenvalue weighted by Gasteiger charge is -2.37. The van der Waals surface area contributed by atoms with Crippen molar-refractivity contribution in [3.63, 3.8) is 0 Å². The molecule has 1 saturated heterocycles. The zero-order valence-corrected chi connectivity index (χ0v) is 17.9. The molecule has 1 saturated carbocycles. The topological polar surface area (TPSA) is 72.1 Å². The molecule has 2 fully saturated rings. The minimum Gasteiger partial charge on any atom is -0.356 e. The molecule has 3 heterocycles. The van der Waals surface area contributed by atoms with Gasteiger partial charge in [-0.1, -0.05) is 24.4 Å². The van der Waals surface area contributed by atoms with Gasteiger partial charge in [0, 0.05) is 24.7 Å². The molecular formula is C23H32N4O2. The highest BCUT2D eigenvalue weighted by molar-refractivity contribution is 5.77. The van der Waals surface area contributed by atoms with Crippen LogP contribution in [0.15, 0.2) is 10.7 Å². The maximum atomic E-state index is 13.3. The lowest BCUT2D eigenvalue weighted by Crippen LogP contribution is -2.40. The van der Waals surface area contributed by atoms with Gasteiger partial charge in [-0.25, -0.2) is 9.97 Å². The normalized spacial score (nSPS) is 20.8. The summed E-state index contributed by atoms with van der Waals surface area (Å²) in [5.74, 6) is 2.28. The number of piperidine rings is 1. The monoisotopic (exact) mass is 396 g/mol. The van der Waals surface area contributed by atoms with Crippen molar-refractivity contribution in [3.8, 4) is 11.3 Å². The summed E-state index contributed by atoms with van der Waals surface area (Å²) < 4.78 is 5.64. The molecular weight excluding hydrogens is 364 g/mol. The average molecular weight is 397 g/mol. The number of aromatic nitrogens is 3. The van der Waals surface area contributed by atoms with Gasteiger partial charge in [-0.05, 0) is 58.8 Å². The second-order valence-corrected chi connectivity index (χ2v) is 8.75. The van der Waals surface area contributed by atoms with Gasteiger partial charge in [-0.3, -0.25) is 4.79 Å². The predicted molar refractivity (Wildman–Crippen MR) is 111 cm³/mol. The van der Waals surface area contributed by atoms with E-state index in [0.29, 0.717) is 12.3 Å². The Hall–Kier alpha value is -2.24. The van der Waals surface area contributed by atoms with Crippen molar-refractivity contribution in [1.29, 1.82) is 0 Å². The van der Waals surface area contributed by atoms with E-state index in [2.05, 4.69) is 15.0 Å². The standard InChI is InChI=1S/C23H32N4O2/c1-15-16(2)26-29-23(15)19-14-24-17(3)25-22(19)20-11-7-8-12-27(20)21(28)13-18-9-5-4-6-10-18/h14,18,20H,4-13H2,1-3H3/t20-/m1/s1. The molecule has 0 bridgehead atoms. The quantitative estimate of drug-likeness (QED) is 0.720. The van der Waals surface area contributed by atoms with E-state index in [4.69, 9.17) is 9.51 Å². The number of nitrogens with zero attached hydrogens (tertiary/aromatic N) is 4. The maximum Gasteiger partial charge on any atom is 0.223 e. The van der Waals surface area contributed by atoms with Gasteiger partial charge in [-0.15, -0.1) is 0 Å². The Morgan fingerprint density at radius 1 is 1.10 bits per heavy atom. The summed E-state index contributed by atoms with van der Waals surface area (Å²) in [7, 11) is 0. The Bertz CT molecular complexity index is 870. The minimum atomic E-state index is -0.0126. The van der Waals surface area contributed by atoms with Crippen molar-refractivity contribution in [2.24, 2.45) is 5.92 Å². The van der Waals surface area contributed by atoms with E-state index in [1.165, 1.54) is 32.1 Å². The molecule has 29 heavy (non-hydrogen) atoms. The Labute approximate surface area is 173 Å². The third kappa shape index (κ3) is 4.21. The fourth-order valence-corrected chi connectivity index (χ4v) is 4.85. The highest BCUT2D eigenvalue weighted by atomic mass is 16.5. The number of likely N-dealkylation sites (tertiary alicyclic amines) is 1. The zero-order valence-electron chi connectivity index (χ0n) is 17.9. The van der Waals surface area contributed by atoms with Gasteiger partial charge in [0.1, 0.15) is 5.82 Å². The first kappa shape index (κ1) is 20.0. The molecule has 2 aliphatic rings. The van der Waals surface area contributed by atoms with Gasteiger partial charge in [0.05, 0.1) is 23.0 Å². The molecule has 6 heteroatoms. The second kappa shape index (κ2) is 8.64. The van der Waals surface area contributed by atoms with Gasteiger partial charge in [0.15, 0.2) is 5.76 Å². The number of carbonyl (C=O) groups is 1. The molecule has 4 rings (SSSR count). The number of aryl methyl sites for hydroxylation is 2. The summed E-state index contributed by atoms with van der Waals surface area (Å²) in [4.78, 5) is 24.6. The fourth-order valence-electron chi connectivity index (χ4n) is 4.85. The summed E-state index contributed by atoms with van der Waals surface area (Å²) in [5.41, 5.74) is 3.67. The lowest BCUT2D eigenvalue weighted by molar-refractivity contribution is -0.136. The number of hydrogen-bond donors (Lipinski definition) is 0. The van der Waals surface area contributed by atoms with Crippen LogP contribution in [0.4, 0.5) is 0 Å². The van der Waals surface area contributed by atoms with Gasteiger partial charge in [-0.2, -0.15) is 0 Å². The summed E-state index contributed by atoms with van der Waals surface area (Å²) in [6.45, 7) is 6.67. The van der Waals surface area contributed by atoms with Crippen LogP contribution in [-0.4, -0.2) is 32.5 Å². The van der Waals surface area contributed by atoms with Gasteiger partial charge >= 0.3 is 0 Å². The van der Waals surface area contributed by atoms with Crippen molar-refractivity contribution in [1.82, 2.24) is 20.0 Å². The summed E-state index contributed by atoms with van der Waals surface area (Å²) in [5, 5.41) is 4.12. The van der Waals surface area contributed by atoms with E-state index in [1.807, 2.05) is 27.0 Å². The Balaban J connectivity index is 1.65. The van der Waals surface area contributed by atoms with Crippen LogP contribution in [0.2, 0.25) is 0 Å². The average Bonchev–Trinajstić information content (AvgIpc) is 3.07. The number of rotatable bonds is 4. The molecule has 2 aromatic heterocycles. The minimum absolute atomic E-state index is 0.0126. The summed E-state index contributed by atoms with van der Waals surface area (Å²) in [6, 6.07) is -0.0126. The van der Waals surface area contributed by atoms with E-state index < -0.39 is 0 Å². The first-order valence-corrected chi connectivity index (χ1v) is 11.1. The van der Waals surface area contributed by atoms with Crippen LogP contribution in [0.5, 0.6) is 0 Å².